The Morgan fingerprint density at radius 1 is 1.03 bits per heavy atom. The average molecular weight is 496 g/mol. The van der Waals surface area contributed by atoms with Gasteiger partial charge < -0.3 is 19.3 Å². The van der Waals surface area contributed by atoms with E-state index in [-0.39, 0.29) is 21.9 Å². The van der Waals surface area contributed by atoms with Crippen LogP contribution in [-0.2, 0) is 10.0 Å². The molecule has 11 nitrogen and oxygen atoms in total. The second kappa shape index (κ2) is 10.0. The third-order valence-corrected chi connectivity index (χ3v) is 7.04. The molecule has 2 aromatic heterocycles. The highest BCUT2D eigenvalue weighted by atomic mass is 32.2. The van der Waals surface area contributed by atoms with E-state index in [1.807, 2.05) is 4.90 Å². The number of hydrogen-bond acceptors (Lipinski definition) is 10. The Morgan fingerprint density at radius 3 is 2.34 bits per heavy atom. The van der Waals surface area contributed by atoms with Crippen molar-refractivity contribution in [3.05, 3.63) is 54.0 Å². The third-order valence-electron chi connectivity index (χ3n) is 5.63. The van der Waals surface area contributed by atoms with Crippen molar-refractivity contribution in [2.45, 2.75) is 11.8 Å². The van der Waals surface area contributed by atoms with Crippen molar-refractivity contribution < 1.29 is 17.9 Å². The molecule has 0 bridgehead atoms. The van der Waals surface area contributed by atoms with Crippen LogP contribution in [0, 0.1) is 18.3 Å². The van der Waals surface area contributed by atoms with Gasteiger partial charge >= 0.3 is 0 Å². The Labute approximate surface area is 204 Å². The fraction of sp³-hybridized carbons (Fsp3) is 0.304. The second-order valence-electron chi connectivity index (χ2n) is 7.75. The normalized spacial score (nSPS) is 13.8. The molecular formula is C23H25N7O4S. The van der Waals surface area contributed by atoms with Crippen LogP contribution in [0.2, 0.25) is 0 Å². The maximum Gasteiger partial charge on any atom is 0.265 e. The summed E-state index contributed by atoms with van der Waals surface area (Å²) >= 11 is 0. The van der Waals surface area contributed by atoms with E-state index < -0.39 is 10.0 Å². The summed E-state index contributed by atoms with van der Waals surface area (Å²) < 4.78 is 39.2. The molecule has 1 N–H and O–H groups in total. The van der Waals surface area contributed by atoms with E-state index in [9.17, 15) is 13.7 Å². The van der Waals surface area contributed by atoms with E-state index in [1.165, 1.54) is 38.5 Å². The third kappa shape index (κ3) is 5.04. The number of anilines is 3. The maximum atomic E-state index is 13.1. The molecule has 0 spiro atoms. The van der Waals surface area contributed by atoms with E-state index in [4.69, 9.17) is 9.47 Å². The average Bonchev–Trinajstić information content (AvgIpc) is 2.89. The van der Waals surface area contributed by atoms with Crippen molar-refractivity contribution >= 4 is 27.5 Å². The predicted molar refractivity (Wildman–Crippen MR) is 131 cm³/mol. The summed E-state index contributed by atoms with van der Waals surface area (Å²) in [5.41, 5.74) is 0.947. The van der Waals surface area contributed by atoms with Gasteiger partial charge in [-0.1, -0.05) is 0 Å². The Hall–Kier alpha value is -4.11. The van der Waals surface area contributed by atoms with Gasteiger partial charge in [0.15, 0.2) is 0 Å². The van der Waals surface area contributed by atoms with Crippen molar-refractivity contribution in [2.24, 2.45) is 0 Å². The second-order valence-corrected chi connectivity index (χ2v) is 9.40. The van der Waals surface area contributed by atoms with Gasteiger partial charge in [0.25, 0.3) is 10.0 Å². The zero-order chi connectivity index (χ0) is 25.0. The molecular weight excluding hydrogens is 470 g/mol. The Kier molecular flexibility index (Phi) is 6.88. The van der Waals surface area contributed by atoms with E-state index in [0.29, 0.717) is 49.4 Å². The molecule has 12 heteroatoms. The largest absolute Gasteiger partial charge is 0.497 e. The van der Waals surface area contributed by atoms with E-state index in [2.05, 4.69) is 30.6 Å². The van der Waals surface area contributed by atoms with Crippen LogP contribution in [0.15, 0.2) is 47.6 Å². The molecule has 0 atom stereocenters. The van der Waals surface area contributed by atoms with Crippen LogP contribution in [0.3, 0.4) is 0 Å². The summed E-state index contributed by atoms with van der Waals surface area (Å²) in [5, 5.41) is 9.79. The van der Waals surface area contributed by atoms with Crippen LogP contribution in [0.25, 0.3) is 0 Å². The van der Waals surface area contributed by atoms with E-state index in [0.717, 1.165) is 0 Å². The van der Waals surface area contributed by atoms with Crippen LogP contribution in [0.1, 0.15) is 11.3 Å². The number of aryl methyl sites for hydroxylation is 1. The molecule has 3 aromatic rings. The summed E-state index contributed by atoms with van der Waals surface area (Å²) in [4.78, 5) is 17.2. The van der Waals surface area contributed by atoms with Gasteiger partial charge in [-0.25, -0.2) is 23.4 Å². The molecule has 0 unspecified atom stereocenters. The molecule has 1 aliphatic heterocycles. The van der Waals surface area contributed by atoms with Crippen LogP contribution in [0.4, 0.5) is 17.5 Å². The minimum Gasteiger partial charge on any atom is -0.497 e. The monoisotopic (exact) mass is 495 g/mol. The van der Waals surface area contributed by atoms with Crippen molar-refractivity contribution in [3.63, 3.8) is 0 Å². The van der Waals surface area contributed by atoms with Crippen LogP contribution >= 0.6 is 0 Å². The molecule has 0 aliphatic carbocycles. The molecule has 35 heavy (non-hydrogen) atoms. The predicted octanol–water partition coefficient (Wildman–Crippen LogP) is 2.20. The van der Waals surface area contributed by atoms with Crippen molar-refractivity contribution in [3.8, 4) is 17.6 Å². The highest BCUT2D eigenvalue weighted by molar-refractivity contribution is 7.92. The molecule has 1 fully saturated rings. The summed E-state index contributed by atoms with van der Waals surface area (Å²) in [6.07, 6.45) is 3.41. The first-order chi connectivity index (χ1) is 16.9. The number of ether oxygens (including phenoxy) is 2. The number of aromatic nitrogens is 3. The summed E-state index contributed by atoms with van der Waals surface area (Å²) in [6.45, 7) is 4.27. The lowest BCUT2D eigenvalue weighted by Crippen LogP contribution is -2.47. The first-order valence-electron chi connectivity index (χ1n) is 10.8. The highest BCUT2D eigenvalue weighted by Gasteiger charge is 2.25. The number of methoxy groups -OCH3 is 2. The molecule has 4 rings (SSSR count). The fourth-order valence-corrected chi connectivity index (χ4v) is 5.05. The number of hydrogen-bond donors (Lipinski definition) is 1. The van der Waals surface area contributed by atoms with Crippen LogP contribution in [0.5, 0.6) is 11.5 Å². The van der Waals surface area contributed by atoms with E-state index in [1.54, 1.807) is 25.4 Å². The molecule has 0 saturated carbocycles. The molecule has 0 amide bonds. The summed E-state index contributed by atoms with van der Waals surface area (Å²) in [5.74, 6) is 1.78. The van der Waals surface area contributed by atoms with Crippen molar-refractivity contribution in [1.82, 2.24) is 15.0 Å². The lowest BCUT2D eigenvalue weighted by atomic mass is 10.2. The SMILES string of the molecule is COc1ccc(S(=O)(=O)Nc2cc(C#N)c(N3CCN(c4ncccn4)CC3)nc2C)c(OC)c1. The Balaban J connectivity index is 1.56. The number of piperazine rings is 1. The standard InChI is InChI=1S/C23H25N7O4S/c1-16-19(28-35(31,32)21-6-5-18(33-2)14-20(21)34-3)13-17(15-24)22(27-16)29-9-11-30(12-10-29)23-25-7-4-8-26-23/h4-8,13-14,28H,9-12H2,1-3H3. The number of pyridine rings is 1. The fourth-order valence-electron chi connectivity index (χ4n) is 3.79. The molecule has 1 saturated heterocycles. The van der Waals surface area contributed by atoms with Gasteiger partial charge in [-0.05, 0) is 31.2 Å². The number of benzene rings is 1. The molecule has 182 valence electrons. The zero-order valence-electron chi connectivity index (χ0n) is 19.6. The van der Waals surface area contributed by atoms with Gasteiger partial charge in [0, 0.05) is 44.6 Å². The van der Waals surface area contributed by atoms with E-state index >= 15 is 0 Å². The first-order valence-corrected chi connectivity index (χ1v) is 12.3. The van der Waals surface area contributed by atoms with Crippen LogP contribution < -0.4 is 24.0 Å². The Morgan fingerprint density at radius 2 is 1.71 bits per heavy atom. The van der Waals surface area contributed by atoms with Gasteiger partial charge in [-0.15, -0.1) is 0 Å². The van der Waals surface area contributed by atoms with Crippen LogP contribution in [-0.4, -0.2) is 63.8 Å². The van der Waals surface area contributed by atoms with Gasteiger partial charge in [0.05, 0.1) is 31.2 Å². The first kappa shape index (κ1) is 24.0. The quantitative estimate of drug-likeness (QED) is 0.520. The maximum absolute atomic E-state index is 13.1. The molecule has 1 aliphatic rings. The number of nitrogens with zero attached hydrogens (tertiary/aromatic N) is 6. The number of nitrogens with one attached hydrogen (secondary N) is 1. The number of sulfonamides is 1. The van der Waals surface area contributed by atoms with Crippen molar-refractivity contribution in [1.29, 1.82) is 5.26 Å². The molecule has 1 aromatic carbocycles. The van der Waals surface area contributed by atoms with Gasteiger partial charge in [-0.2, -0.15) is 5.26 Å². The lowest BCUT2D eigenvalue weighted by molar-refractivity contribution is 0.386. The zero-order valence-corrected chi connectivity index (χ0v) is 20.4. The minimum absolute atomic E-state index is 0.0537. The summed E-state index contributed by atoms with van der Waals surface area (Å²) in [7, 11) is -1.15. The van der Waals surface area contributed by atoms with Gasteiger partial charge in [0.2, 0.25) is 5.95 Å². The van der Waals surface area contributed by atoms with Crippen molar-refractivity contribution in [2.75, 3.05) is 54.9 Å². The molecule has 3 heterocycles. The number of rotatable bonds is 7. The lowest BCUT2D eigenvalue weighted by Gasteiger charge is -2.35. The summed E-state index contributed by atoms with van der Waals surface area (Å²) in [6, 6.07) is 9.85. The number of nitriles is 1. The molecule has 0 radical (unpaired) electrons. The Bertz CT molecular complexity index is 1350. The minimum atomic E-state index is -4.02. The smallest absolute Gasteiger partial charge is 0.265 e. The highest BCUT2D eigenvalue weighted by Crippen LogP contribution is 2.32. The topological polar surface area (TPSA) is 134 Å². The van der Waals surface area contributed by atoms with Gasteiger partial charge in [0.1, 0.15) is 28.3 Å². The van der Waals surface area contributed by atoms with Gasteiger partial charge in [-0.3, -0.25) is 4.72 Å².